The van der Waals surface area contributed by atoms with E-state index in [0.29, 0.717) is 6.04 Å². The highest BCUT2D eigenvalue weighted by Gasteiger charge is 2.25. The summed E-state index contributed by atoms with van der Waals surface area (Å²) in [6.45, 7) is 1.14. The van der Waals surface area contributed by atoms with Gasteiger partial charge in [-0.05, 0) is 43.1 Å². The maximum atomic E-state index is 4.92. The van der Waals surface area contributed by atoms with E-state index < -0.39 is 0 Å². The summed E-state index contributed by atoms with van der Waals surface area (Å²) in [7, 11) is 2.17. The molecule has 0 bridgehead atoms. The molecule has 2 aliphatic rings. The summed E-state index contributed by atoms with van der Waals surface area (Å²) in [6, 6.07) is 17.4. The fourth-order valence-corrected chi connectivity index (χ4v) is 3.94. The lowest BCUT2D eigenvalue weighted by Gasteiger charge is -2.16. The van der Waals surface area contributed by atoms with Crippen molar-refractivity contribution in [1.82, 2.24) is 25.8 Å². The van der Waals surface area contributed by atoms with Gasteiger partial charge in [-0.15, -0.1) is 0 Å². The number of rotatable bonds is 4. The Morgan fingerprint density at radius 3 is 2.25 bits per heavy atom. The van der Waals surface area contributed by atoms with Gasteiger partial charge in [0, 0.05) is 5.56 Å². The van der Waals surface area contributed by atoms with Gasteiger partial charge in [-0.2, -0.15) is 4.94 Å². The Morgan fingerprint density at radius 2 is 1.64 bits per heavy atom. The van der Waals surface area contributed by atoms with Gasteiger partial charge in [0.25, 0.3) is 0 Å². The molecular weight excluding hydrogens is 350 g/mol. The second-order valence-corrected chi connectivity index (χ2v) is 7.36. The number of benzene rings is 2. The summed E-state index contributed by atoms with van der Waals surface area (Å²) in [5.41, 5.74) is 12.1. The van der Waals surface area contributed by atoms with Crippen molar-refractivity contribution in [2.45, 2.75) is 18.9 Å². The third-order valence-electron chi connectivity index (χ3n) is 5.58. The molecule has 5 rings (SSSR count). The molecule has 0 amide bonds. The quantitative estimate of drug-likeness (QED) is 0.648. The van der Waals surface area contributed by atoms with Crippen molar-refractivity contribution in [2.24, 2.45) is 0 Å². The zero-order chi connectivity index (χ0) is 18.9. The molecule has 1 fully saturated rings. The lowest BCUT2D eigenvalue weighted by molar-refractivity contribution is 0.0375. The molecule has 1 unspecified atom stereocenters. The molecule has 0 spiro atoms. The molecular formula is C22H23N5O. The van der Waals surface area contributed by atoms with Gasteiger partial charge >= 0.3 is 0 Å². The largest absolute Gasteiger partial charge is 0.341 e. The summed E-state index contributed by atoms with van der Waals surface area (Å²) in [5.74, 6) is 1.07. The highest BCUT2D eigenvalue weighted by Crippen LogP contribution is 2.30. The van der Waals surface area contributed by atoms with Gasteiger partial charge in [0.15, 0.2) is 0 Å². The second kappa shape index (κ2) is 7.14. The first-order chi connectivity index (χ1) is 13.8. The van der Waals surface area contributed by atoms with E-state index in [1.54, 1.807) is 6.20 Å². The first-order valence-electron chi connectivity index (χ1n) is 9.62. The van der Waals surface area contributed by atoms with Crippen molar-refractivity contribution in [1.29, 1.82) is 0 Å². The topological polar surface area (TPSA) is 65.2 Å². The van der Waals surface area contributed by atoms with Crippen LogP contribution in [0.15, 0.2) is 60.9 Å². The third kappa shape index (κ3) is 3.17. The Kier molecular flexibility index (Phi) is 4.35. The van der Waals surface area contributed by atoms with Crippen LogP contribution in [0.5, 0.6) is 0 Å². The fourth-order valence-electron chi connectivity index (χ4n) is 3.94. The van der Waals surface area contributed by atoms with Crippen molar-refractivity contribution < 1.29 is 4.94 Å². The third-order valence-corrected chi connectivity index (χ3v) is 5.58. The minimum absolute atomic E-state index is 0.414. The van der Waals surface area contributed by atoms with Crippen LogP contribution >= 0.6 is 0 Å². The van der Waals surface area contributed by atoms with Crippen LogP contribution in [-0.4, -0.2) is 28.5 Å². The second-order valence-electron chi connectivity index (χ2n) is 7.36. The monoisotopic (exact) mass is 373 g/mol. The van der Waals surface area contributed by atoms with Gasteiger partial charge in [-0.3, -0.25) is 4.90 Å². The first kappa shape index (κ1) is 17.0. The van der Waals surface area contributed by atoms with E-state index >= 15 is 0 Å². The van der Waals surface area contributed by atoms with Crippen LogP contribution in [0.25, 0.3) is 28.1 Å². The Labute approximate surface area is 164 Å². The van der Waals surface area contributed by atoms with Crippen LogP contribution in [-0.2, 0) is 4.94 Å². The van der Waals surface area contributed by atoms with Gasteiger partial charge in [-0.1, -0.05) is 48.5 Å². The Bertz CT molecular complexity index is 991. The van der Waals surface area contributed by atoms with Crippen LogP contribution in [0.1, 0.15) is 30.3 Å². The molecule has 2 aromatic carbocycles. The molecule has 1 aromatic heterocycles. The Balaban J connectivity index is 1.34. The number of imidazole rings is 1. The normalized spacial score (nSPS) is 19.3. The lowest BCUT2D eigenvalue weighted by Crippen LogP contribution is -2.18. The summed E-state index contributed by atoms with van der Waals surface area (Å²) in [4.78, 5) is 15.4. The van der Waals surface area contributed by atoms with Gasteiger partial charge in [0.05, 0.1) is 29.8 Å². The smallest absolute Gasteiger partial charge is 0.123 e. The highest BCUT2D eigenvalue weighted by atomic mass is 16.8. The molecule has 1 saturated heterocycles. The summed E-state index contributed by atoms with van der Waals surface area (Å²) >= 11 is 0. The van der Waals surface area contributed by atoms with Crippen molar-refractivity contribution >= 4 is 5.70 Å². The van der Waals surface area contributed by atoms with E-state index in [1.807, 2.05) is 6.20 Å². The van der Waals surface area contributed by atoms with Crippen LogP contribution in [0, 0.1) is 0 Å². The minimum atomic E-state index is 0.414. The molecule has 0 radical (unpaired) electrons. The van der Waals surface area contributed by atoms with Crippen LogP contribution in [0.2, 0.25) is 0 Å². The van der Waals surface area contributed by atoms with Gasteiger partial charge in [0.2, 0.25) is 0 Å². The predicted molar refractivity (Wildman–Crippen MR) is 109 cm³/mol. The molecule has 6 nitrogen and oxygen atoms in total. The molecule has 0 saturated carbocycles. The average Bonchev–Trinajstić information content (AvgIpc) is 3.50. The van der Waals surface area contributed by atoms with E-state index in [1.165, 1.54) is 24.0 Å². The Morgan fingerprint density at radius 1 is 0.964 bits per heavy atom. The summed E-state index contributed by atoms with van der Waals surface area (Å²) in [6.07, 6.45) is 6.16. The van der Waals surface area contributed by atoms with E-state index in [2.05, 4.69) is 81.4 Å². The number of nitrogens with one attached hydrogen (secondary N) is 3. The molecule has 2 aliphatic heterocycles. The SMILES string of the molecule is CN1CCCC1c1ncc(-c2ccc(-c3ccc(C4=CNON4)cc3)cc2)[nH]1. The fraction of sp³-hybridized carbons (Fsp3) is 0.227. The highest BCUT2D eigenvalue weighted by molar-refractivity contribution is 5.71. The number of nitrogens with zero attached hydrogens (tertiary/aromatic N) is 2. The van der Waals surface area contributed by atoms with Crippen LogP contribution in [0.3, 0.4) is 0 Å². The predicted octanol–water partition coefficient (Wildman–Crippen LogP) is 3.85. The number of H-pyrrole nitrogens is 1. The van der Waals surface area contributed by atoms with E-state index in [9.17, 15) is 0 Å². The van der Waals surface area contributed by atoms with Gasteiger partial charge in [0.1, 0.15) is 5.82 Å². The summed E-state index contributed by atoms with van der Waals surface area (Å²) in [5, 5.41) is 0. The number of aromatic nitrogens is 2. The lowest BCUT2D eigenvalue weighted by atomic mass is 10.0. The van der Waals surface area contributed by atoms with Crippen LogP contribution in [0.4, 0.5) is 0 Å². The van der Waals surface area contributed by atoms with Gasteiger partial charge in [-0.25, -0.2) is 15.9 Å². The Hall–Kier alpha value is -3.09. The van der Waals surface area contributed by atoms with E-state index in [4.69, 9.17) is 4.94 Å². The molecule has 142 valence electrons. The molecule has 6 heteroatoms. The summed E-state index contributed by atoms with van der Waals surface area (Å²) < 4.78 is 0. The van der Waals surface area contributed by atoms with Gasteiger partial charge < -0.3 is 4.98 Å². The zero-order valence-electron chi connectivity index (χ0n) is 15.8. The maximum Gasteiger partial charge on any atom is 0.123 e. The molecule has 3 N–H and O–H groups in total. The van der Waals surface area contributed by atoms with Crippen molar-refractivity contribution in [3.05, 3.63) is 72.3 Å². The molecule has 0 aliphatic carbocycles. The van der Waals surface area contributed by atoms with E-state index in [-0.39, 0.29) is 0 Å². The number of hydrogen-bond donors (Lipinski definition) is 3. The zero-order valence-corrected chi connectivity index (χ0v) is 15.8. The first-order valence-corrected chi connectivity index (χ1v) is 9.62. The molecule has 1 atom stereocenters. The molecule has 3 heterocycles. The van der Waals surface area contributed by atoms with Crippen molar-refractivity contribution in [3.63, 3.8) is 0 Å². The van der Waals surface area contributed by atoms with Crippen molar-refractivity contribution in [2.75, 3.05) is 13.6 Å². The van der Waals surface area contributed by atoms with Crippen molar-refractivity contribution in [3.8, 4) is 22.4 Å². The number of aromatic amines is 1. The van der Waals surface area contributed by atoms with Crippen LogP contribution < -0.4 is 11.0 Å². The van der Waals surface area contributed by atoms with E-state index in [0.717, 1.165) is 34.9 Å². The molecule has 3 aromatic rings. The molecule has 28 heavy (non-hydrogen) atoms. The maximum absolute atomic E-state index is 4.92. The number of likely N-dealkylation sites (tertiary alicyclic amines) is 1. The number of hydroxylamine groups is 2. The average molecular weight is 373 g/mol. The minimum Gasteiger partial charge on any atom is -0.341 e. The number of hydrogen-bond acceptors (Lipinski definition) is 5. The standard InChI is InChI=1S/C22H23N5O/c1-27-12-2-3-21(27)22-23-13-19(25-22)17-8-4-15(5-9-17)16-6-10-18(11-7-16)20-14-24-28-26-20/h4-11,13-14,21,24,26H,2-3,12H2,1H3,(H,23,25).